The van der Waals surface area contributed by atoms with Crippen LogP contribution in [0.1, 0.15) is 46.3 Å². The summed E-state index contributed by atoms with van der Waals surface area (Å²) >= 11 is 17.6. The molecule has 2 N–H and O–H groups in total. The minimum absolute atomic E-state index is 0.0653. The Balaban J connectivity index is 1.76. The number of amides is 2. The summed E-state index contributed by atoms with van der Waals surface area (Å²) in [5.41, 5.74) is -1.73. The number of hydrogen-bond acceptors (Lipinski definition) is 4. The highest BCUT2D eigenvalue weighted by atomic mass is 127. The van der Waals surface area contributed by atoms with E-state index in [-0.39, 0.29) is 33.0 Å². The smallest absolute Gasteiger partial charge is 0.349 e. The molecule has 190 valence electrons. The Morgan fingerprint density at radius 3 is 2.39 bits per heavy atom. The van der Waals surface area contributed by atoms with Crippen molar-refractivity contribution in [1.82, 2.24) is 20.1 Å². The number of anilines is 1. The molecule has 1 unspecified atom stereocenters. The van der Waals surface area contributed by atoms with Crippen molar-refractivity contribution >= 4 is 79.2 Å². The molecule has 1 fully saturated rings. The van der Waals surface area contributed by atoms with Gasteiger partial charge in [-0.1, -0.05) is 23.2 Å². The van der Waals surface area contributed by atoms with Crippen LogP contribution >= 0.6 is 61.7 Å². The second-order valence-corrected chi connectivity index (χ2v) is 11.1. The van der Waals surface area contributed by atoms with Crippen LogP contribution in [0.15, 0.2) is 35.1 Å². The van der Waals surface area contributed by atoms with E-state index in [9.17, 15) is 22.8 Å². The summed E-state index contributed by atoms with van der Waals surface area (Å²) in [6, 6.07) is 3.75. The van der Waals surface area contributed by atoms with Gasteiger partial charge in [0.05, 0.1) is 21.3 Å². The molecular weight excluding hydrogens is 701 g/mol. The highest BCUT2D eigenvalue weighted by molar-refractivity contribution is 14.1. The van der Waals surface area contributed by atoms with Gasteiger partial charge in [-0.25, -0.2) is 4.68 Å². The second-order valence-electron chi connectivity index (χ2n) is 8.14. The number of hydrogen-bond donors (Lipinski definition) is 2. The van der Waals surface area contributed by atoms with Gasteiger partial charge in [-0.2, -0.15) is 18.3 Å². The number of nitrogens with zero attached hydrogens (tertiary/aromatic N) is 3. The zero-order valence-corrected chi connectivity index (χ0v) is 23.5. The van der Waals surface area contributed by atoms with E-state index in [4.69, 9.17) is 23.2 Å². The van der Waals surface area contributed by atoms with E-state index in [2.05, 4.69) is 36.6 Å². The Morgan fingerprint density at radius 2 is 1.81 bits per heavy atom. The summed E-state index contributed by atoms with van der Waals surface area (Å²) in [5, 5.41) is 8.79. The second kappa shape index (κ2) is 10.5. The number of pyridine rings is 1. The maximum atomic E-state index is 13.5. The predicted molar refractivity (Wildman–Crippen MR) is 141 cm³/mol. The van der Waals surface area contributed by atoms with Gasteiger partial charge in [-0.15, -0.1) is 0 Å². The van der Waals surface area contributed by atoms with Crippen LogP contribution in [-0.4, -0.2) is 32.6 Å². The molecule has 14 heteroatoms. The minimum Gasteiger partial charge on any atom is -0.349 e. The third-order valence-corrected chi connectivity index (χ3v) is 7.30. The third kappa shape index (κ3) is 5.81. The molecule has 2 heterocycles. The number of aromatic nitrogens is 3. The fourth-order valence-electron chi connectivity index (χ4n) is 3.51. The van der Waals surface area contributed by atoms with Crippen LogP contribution in [0.25, 0.3) is 5.69 Å². The lowest BCUT2D eigenvalue weighted by atomic mass is 10.1. The zero-order valence-electron chi connectivity index (χ0n) is 18.3. The lowest BCUT2D eigenvalue weighted by Crippen LogP contribution is -2.34. The number of nitrogens with one attached hydrogen (secondary N) is 2. The van der Waals surface area contributed by atoms with Crippen molar-refractivity contribution in [2.75, 3.05) is 5.32 Å². The largest absolute Gasteiger partial charge is 0.435 e. The molecular formula is C22H16BrCl2F3IN5O2. The molecule has 0 saturated heterocycles. The number of carbonyl (C=O) groups is 2. The van der Waals surface area contributed by atoms with Crippen molar-refractivity contribution in [3.05, 3.63) is 65.6 Å². The summed E-state index contributed by atoms with van der Waals surface area (Å²) in [5.74, 6) is -0.995. The van der Waals surface area contributed by atoms with Gasteiger partial charge >= 0.3 is 6.18 Å². The zero-order chi connectivity index (χ0) is 26.4. The van der Waals surface area contributed by atoms with Crippen LogP contribution in [-0.2, 0) is 6.18 Å². The van der Waals surface area contributed by atoms with Crippen LogP contribution in [0.4, 0.5) is 18.9 Å². The molecule has 1 atom stereocenters. The Labute approximate surface area is 235 Å². The standard InChI is InChI=1S/C22H16BrCl2F3IN5O2/c1-9(10-2-3-10)31-20(35)12-4-11(29)5-13(23)18(12)32-21(36)16-6-17(22(26,27)28)33-34(16)19-14(24)7-30-8-15(19)25/h4-10H,2-3H2,1H3,(H,31,35)(H,32,36). The molecule has 0 spiro atoms. The van der Waals surface area contributed by atoms with Gasteiger partial charge in [0.25, 0.3) is 11.8 Å². The summed E-state index contributed by atoms with van der Waals surface area (Å²) < 4.78 is 42.3. The quantitative estimate of drug-likeness (QED) is 0.277. The Hall–Kier alpha value is -1.90. The molecule has 36 heavy (non-hydrogen) atoms. The van der Waals surface area contributed by atoms with Gasteiger partial charge in [0.2, 0.25) is 0 Å². The first-order valence-electron chi connectivity index (χ1n) is 10.4. The summed E-state index contributed by atoms with van der Waals surface area (Å²) in [6.07, 6.45) is -0.476. The van der Waals surface area contributed by atoms with Gasteiger partial charge in [0, 0.05) is 32.5 Å². The minimum atomic E-state index is -4.85. The van der Waals surface area contributed by atoms with E-state index in [0.717, 1.165) is 12.8 Å². The third-order valence-electron chi connectivity index (χ3n) is 5.50. The van der Waals surface area contributed by atoms with E-state index < -0.39 is 29.4 Å². The van der Waals surface area contributed by atoms with Gasteiger partial charge in [-0.05, 0) is 76.3 Å². The molecule has 1 aromatic carbocycles. The topological polar surface area (TPSA) is 88.9 Å². The van der Waals surface area contributed by atoms with Crippen LogP contribution in [0.2, 0.25) is 10.0 Å². The molecule has 0 bridgehead atoms. The molecule has 1 aliphatic carbocycles. The first kappa shape index (κ1) is 27.1. The SMILES string of the molecule is CC(NC(=O)c1cc(I)cc(Br)c1NC(=O)c1cc(C(F)(F)F)nn1-c1c(Cl)cncc1Cl)C1CC1. The molecule has 0 radical (unpaired) electrons. The Bertz CT molecular complexity index is 1340. The summed E-state index contributed by atoms with van der Waals surface area (Å²) in [7, 11) is 0. The lowest BCUT2D eigenvalue weighted by molar-refractivity contribution is -0.141. The average molecular weight is 717 g/mol. The van der Waals surface area contributed by atoms with E-state index in [1.54, 1.807) is 12.1 Å². The van der Waals surface area contributed by atoms with Crippen molar-refractivity contribution < 1.29 is 22.8 Å². The fraction of sp³-hybridized carbons (Fsp3) is 0.273. The molecule has 0 aliphatic heterocycles. The van der Waals surface area contributed by atoms with E-state index in [0.29, 0.717) is 24.7 Å². The monoisotopic (exact) mass is 715 g/mol. The molecule has 1 aliphatic rings. The highest BCUT2D eigenvalue weighted by Gasteiger charge is 2.37. The van der Waals surface area contributed by atoms with Gasteiger partial charge < -0.3 is 10.6 Å². The maximum absolute atomic E-state index is 13.5. The summed E-state index contributed by atoms with van der Waals surface area (Å²) in [6.45, 7) is 1.90. The first-order chi connectivity index (χ1) is 16.9. The van der Waals surface area contributed by atoms with Gasteiger partial charge in [0.1, 0.15) is 11.4 Å². The van der Waals surface area contributed by atoms with Crippen LogP contribution < -0.4 is 10.6 Å². The van der Waals surface area contributed by atoms with E-state index in [1.165, 1.54) is 12.4 Å². The summed E-state index contributed by atoms with van der Waals surface area (Å²) in [4.78, 5) is 30.2. The number of carbonyl (C=O) groups excluding carboxylic acids is 2. The van der Waals surface area contributed by atoms with Crippen molar-refractivity contribution in [3.63, 3.8) is 0 Å². The Kier molecular flexibility index (Phi) is 7.89. The van der Waals surface area contributed by atoms with Crippen molar-refractivity contribution in [3.8, 4) is 5.69 Å². The predicted octanol–water partition coefficient (Wildman–Crippen LogP) is 6.74. The average Bonchev–Trinajstić information content (AvgIpc) is 3.53. The van der Waals surface area contributed by atoms with E-state index in [1.807, 2.05) is 29.5 Å². The normalized spacial score (nSPS) is 14.4. The molecule has 3 aromatic rings. The van der Waals surface area contributed by atoms with Crippen LogP contribution in [0, 0.1) is 9.49 Å². The van der Waals surface area contributed by atoms with Gasteiger partial charge in [0.15, 0.2) is 5.69 Å². The van der Waals surface area contributed by atoms with E-state index >= 15 is 0 Å². The number of alkyl halides is 3. The van der Waals surface area contributed by atoms with Crippen molar-refractivity contribution in [1.29, 1.82) is 0 Å². The molecule has 2 amide bonds. The van der Waals surface area contributed by atoms with Crippen LogP contribution in [0.5, 0.6) is 0 Å². The molecule has 1 saturated carbocycles. The van der Waals surface area contributed by atoms with Crippen molar-refractivity contribution in [2.24, 2.45) is 5.92 Å². The van der Waals surface area contributed by atoms with Crippen molar-refractivity contribution in [2.45, 2.75) is 32.0 Å². The number of benzene rings is 1. The van der Waals surface area contributed by atoms with Gasteiger partial charge in [-0.3, -0.25) is 14.6 Å². The first-order valence-corrected chi connectivity index (χ1v) is 13.1. The molecule has 2 aromatic heterocycles. The Morgan fingerprint density at radius 1 is 1.17 bits per heavy atom. The molecule has 4 rings (SSSR count). The van der Waals surface area contributed by atoms with Crippen LogP contribution in [0.3, 0.4) is 0 Å². The number of rotatable bonds is 6. The maximum Gasteiger partial charge on any atom is 0.435 e. The lowest BCUT2D eigenvalue weighted by Gasteiger charge is -2.17. The molecule has 7 nitrogen and oxygen atoms in total. The number of halogens is 7. The fourth-order valence-corrected chi connectivity index (χ4v) is 5.65. The highest BCUT2D eigenvalue weighted by Crippen LogP contribution is 2.36.